The van der Waals surface area contributed by atoms with Gasteiger partial charge in [-0.05, 0) is 39.0 Å². The molecule has 1 amide bonds. The Hall–Kier alpha value is -3.87. The summed E-state index contributed by atoms with van der Waals surface area (Å²) >= 11 is 0. The summed E-state index contributed by atoms with van der Waals surface area (Å²) in [7, 11) is -1.95. The van der Waals surface area contributed by atoms with E-state index in [0.29, 0.717) is 28.6 Å². The maximum absolute atomic E-state index is 15.1. The molecule has 1 unspecified atom stereocenters. The van der Waals surface area contributed by atoms with Crippen LogP contribution < -0.4 is 10.1 Å². The van der Waals surface area contributed by atoms with Crippen molar-refractivity contribution in [3.05, 3.63) is 48.0 Å². The maximum atomic E-state index is 15.1. The van der Waals surface area contributed by atoms with Crippen molar-refractivity contribution in [3.63, 3.8) is 0 Å². The summed E-state index contributed by atoms with van der Waals surface area (Å²) in [6.45, 7) is 4.46. The first-order chi connectivity index (χ1) is 16.4. The van der Waals surface area contributed by atoms with E-state index < -0.39 is 31.9 Å². The Bertz CT molecular complexity index is 1430. The van der Waals surface area contributed by atoms with Crippen LogP contribution in [0.15, 0.2) is 46.2 Å². The fourth-order valence-electron chi connectivity index (χ4n) is 3.74. The van der Waals surface area contributed by atoms with Gasteiger partial charge in [0.2, 0.25) is 5.88 Å². The minimum Gasteiger partial charge on any atom is -0.480 e. The van der Waals surface area contributed by atoms with Crippen molar-refractivity contribution >= 4 is 21.7 Å². The number of nitrogens with one attached hydrogen (secondary N) is 2. The van der Waals surface area contributed by atoms with Crippen molar-refractivity contribution in [3.8, 4) is 28.6 Å². The highest BCUT2D eigenvalue weighted by atomic mass is 32.2. The lowest BCUT2D eigenvalue weighted by Crippen LogP contribution is -2.57. The number of carbonyl (C=O) groups is 1. The van der Waals surface area contributed by atoms with Gasteiger partial charge in [0.05, 0.1) is 35.0 Å². The Kier molecular flexibility index (Phi) is 5.83. The summed E-state index contributed by atoms with van der Waals surface area (Å²) in [6, 6.07) is 5.76. The average molecular weight is 503 g/mol. The van der Waals surface area contributed by atoms with Crippen LogP contribution >= 0.6 is 0 Å². The highest BCUT2D eigenvalue weighted by Gasteiger charge is 2.48. The summed E-state index contributed by atoms with van der Waals surface area (Å²) in [5.74, 6) is -0.471. The molecular weight excluding hydrogens is 479 g/mol. The number of halogens is 1. The van der Waals surface area contributed by atoms with E-state index in [1.165, 1.54) is 58.5 Å². The van der Waals surface area contributed by atoms with Crippen LogP contribution in [0.3, 0.4) is 0 Å². The number of aromatic nitrogens is 3. The minimum atomic E-state index is -3.43. The third-order valence-electron chi connectivity index (χ3n) is 5.90. The summed E-state index contributed by atoms with van der Waals surface area (Å²) in [4.78, 5) is 24.1. The van der Waals surface area contributed by atoms with Crippen molar-refractivity contribution in [2.24, 2.45) is 4.99 Å². The first-order valence-electron chi connectivity index (χ1n) is 10.4. The van der Waals surface area contributed by atoms with Crippen LogP contribution in [0.5, 0.6) is 5.88 Å². The zero-order valence-corrected chi connectivity index (χ0v) is 20.1. The molecule has 3 heterocycles. The molecule has 0 fully saturated rings. The van der Waals surface area contributed by atoms with E-state index in [2.05, 4.69) is 25.4 Å². The van der Waals surface area contributed by atoms with Crippen LogP contribution in [0.1, 0.15) is 26.3 Å². The molecule has 0 saturated carbocycles. The Labute approximate surface area is 200 Å². The number of rotatable bonds is 4. The van der Waals surface area contributed by atoms with Crippen LogP contribution in [0.25, 0.3) is 22.7 Å². The van der Waals surface area contributed by atoms with E-state index in [-0.39, 0.29) is 17.2 Å². The van der Waals surface area contributed by atoms with Gasteiger partial charge in [-0.15, -0.1) is 0 Å². The van der Waals surface area contributed by atoms with Gasteiger partial charge in [-0.25, -0.2) is 23.4 Å². The van der Waals surface area contributed by atoms with Crippen LogP contribution in [0, 0.1) is 10.6 Å². The maximum Gasteiger partial charge on any atom is 0.410 e. The molecule has 0 spiro atoms. The number of amides is 1. The highest BCUT2D eigenvalue weighted by molar-refractivity contribution is 7.94. The van der Waals surface area contributed by atoms with Gasteiger partial charge >= 0.3 is 6.09 Å². The van der Waals surface area contributed by atoms with Crippen LogP contribution in [0.2, 0.25) is 0 Å². The molecule has 0 saturated heterocycles. The lowest BCUT2D eigenvalue weighted by Gasteiger charge is -2.40. The van der Waals surface area contributed by atoms with E-state index >= 15 is 4.39 Å². The Morgan fingerprint density at radius 2 is 1.97 bits per heavy atom. The molecule has 0 bridgehead atoms. The number of methoxy groups -OCH3 is 1. The number of nitrogens with zero attached hydrogens (tertiary/aromatic N) is 4. The lowest BCUT2D eigenvalue weighted by molar-refractivity contribution is 0.199. The number of ether oxygens (including phenoxy) is 1. The number of benzene rings is 1. The van der Waals surface area contributed by atoms with E-state index in [0.717, 1.165) is 0 Å². The molecule has 4 rings (SSSR count). The molecule has 3 N–H and O–H groups in total. The molecule has 1 aromatic carbocycles. The molecule has 13 heteroatoms. The third kappa shape index (κ3) is 4.34. The van der Waals surface area contributed by atoms with Crippen molar-refractivity contribution in [1.29, 1.82) is 4.78 Å². The molecule has 3 aromatic rings. The largest absolute Gasteiger partial charge is 0.480 e. The van der Waals surface area contributed by atoms with Gasteiger partial charge in [0, 0.05) is 17.2 Å². The summed E-state index contributed by atoms with van der Waals surface area (Å²) in [5, 5.41) is 15.4. The number of carboxylic acid groups (broad SMARTS) is 1. The molecule has 0 aliphatic carbocycles. The average Bonchev–Trinajstić information content (AvgIpc) is 3.27. The van der Waals surface area contributed by atoms with Crippen molar-refractivity contribution < 1.29 is 27.8 Å². The van der Waals surface area contributed by atoms with E-state index in [9.17, 15) is 14.1 Å². The summed E-state index contributed by atoms with van der Waals surface area (Å²) in [5.41, 5.74) is -0.153. The van der Waals surface area contributed by atoms with Gasteiger partial charge in [0.1, 0.15) is 33.3 Å². The fraction of sp³-hybridized carbons (Fsp3) is 0.318. The number of aliphatic imine (C=N–C) groups is 1. The SMILES string of the molecule is COc1cnc(-c2cc(-c3ccc(F)c([C@]4(C)CS(=N)(=O)C(C)(C)C(NC(=O)O)=N4)c3)on2)cn1. The van der Waals surface area contributed by atoms with Crippen LogP contribution in [-0.2, 0) is 15.3 Å². The predicted octanol–water partition coefficient (Wildman–Crippen LogP) is 3.67. The van der Waals surface area contributed by atoms with Gasteiger partial charge in [-0.2, -0.15) is 0 Å². The Morgan fingerprint density at radius 3 is 2.60 bits per heavy atom. The van der Waals surface area contributed by atoms with Crippen molar-refractivity contribution in [2.45, 2.75) is 31.1 Å². The third-order valence-corrected chi connectivity index (χ3v) is 8.71. The van der Waals surface area contributed by atoms with E-state index in [1.54, 1.807) is 6.07 Å². The normalized spacial score (nSPS) is 23.4. The Balaban J connectivity index is 1.77. The second-order valence-corrected chi connectivity index (χ2v) is 11.4. The zero-order valence-electron chi connectivity index (χ0n) is 19.3. The first-order valence-corrected chi connectivity index (χ1v) is 12.1. The van der Waals surface area contributed by atoms with Gasteiger partial charge in [-0.1, -0.05) is 5.16 Å². The fourth-order valence-corrected chi connectivity index (χ4v) is 5.52. The Morgan fingerprint density at radius 1 is 1.23 bits per heavy atom. The van der Waals surface area contributed by atoms with Crippen LogP contribution in [-0.4, -0.2) is 54.0 Å². The zero-order chi connectivity index (χ0) is 25.6. The molecule has 0 radical (unpaired) electrons. The van der Waals surface area contributed by atoms with Gasteiger partial charge in [-0.3, -0.25) is 15.1 Å². The molecule has 11 nitrogen and oxygen atoms in total. The molecule has 35 heavy (non-hydrogen) atoms. The minimum absolute atomic E-state index is 0.0392. The van der Waals surface area contributed by atoms with Crippen molar-refractivity contribution in [1.82, 2.24) is 20.4 Å². The quantitative estimate of drug-likeness (QED) is 0.486. The van der Waals surface area contributed by atoms with Gasteiger partial charge in [0.15, 0.2) is 5.76 Å². The number of amidine groups is 1. The smallest absolute Gasteiger partial charge is 0.410 e. The molecular formula is C22H23FN6O5S. The molecule has 184 valence electrons. The summed E-state index contributed by atoms with van der Waals surface area (Å²) in [6.07, 6.45) is 1.49. The van der Waals surface area contributed by atoms with Gasteiger partial charge in [0.25, 0.3) is 0 Å². The molecule has 1 aliphatic heterocycles. The standard InChI is InChI=1S/C22H23FN6O5S/c1-21(2)19(27-20(30)31)28-22(3,11-35(21,24)32)13-7-12(5-6-14(13)23)17-8-15(29-34-17)16-9-26-18(33-4)10-25-16/h5-10,24H,11H2,1-4H3,(H,27,28)(H,30,31)/t22-,35?/m0/s1. The van der Waals surface area contributed by atoms with Crippen molar-refractivity contribution in [2.75, 3.05) is 12.9 Å². The second-order valence-electron chi connectivity index (χ2n) is 8.71. The van der Waals surface area contributed by atoms with Crippen LogP contribution in [0.4, 0.5) is 9.18 Å². The first kappa shape index (κ1) is 24.3. The predicted molar refractivity (Wildman–Crippen MR) is 125 cm³/mol. The van der Waals surface area contributed by atoms with Gasteiger partial charge < -0.3 is 14.4 Å². The number of hydrogen-bond donors (Lipinski definition) is 3. The summed E-state index contributed by atoms with van der Waals surface area (Å²) < 4.78 is 45.9. The monoisotopic (exact) mass is 502 g/mol. The lowest BCUT2D eigenvalue weighted by atomic mass is 9.91. The molecule has 2 aromatic heterocycles. The van der Waals surface area contributed by atoms with E-state index in [4.69, 9.17) is 14.0 Å². The molecule has 2 atom stereocenters. The highest BCUT2D eigenvalue weighted by Crippen LogP contribution is 2.40. The van der Waals surface area contributed by atoms with E-state index in [1.807, 2.05) is 0 Å². The molecule has 1 aliphatic rings. The number of hydrogen-bond acceptors (Lipinski definition) is 9. The second kappa shape index (κ2) is 8.41. The topological polar surface area (TPSA) is 164 Å².